The largest absolute Gasteiger partial charge is 0.484 e. The SMILES string of the molecule is C/C(=N/NC(=O)COc1ccc(C(C)(C)C)cc1)c1ccc(F)cc1. The summed E-state index contributed by atoms with van der Waals surface area (Å²) in [5, 5.41) is 4.00. The lowest BCUT2D eigenvalue weighted by Crippen LogP contribution is -2.25. The summed E-state index contributed by atoms with van der Waals surface area (Å²) in [6, 6.07) is 13.6. The smallest absolute Gasteiger partial charge is 0.277 e. The molecule has 2 aromatic rings. The van der Waals surface area contributed by atoms with E-state index in [9.17, 15) is 9.18 Å². The first-order chi connectivity index (χ1) is 11.8. The molecule has 0 aliphatic carbocycles. The van der Waals surface area contributed by atoms with Gasteiger partial charge in [0.05, 0.1) is 5.71 Å². The molecule has 0 saturated heterocycles. The maximum Gasteiger partial charge on any atom is 0.277 e. The van der Waals surface area contributed by atoms with Crippen LogP contribution in [-0.2, 0) is 10.2 Å². The third-order valence-corrected chi connectivity index (χ3v) is 3.70. The average Bonchev–Trinajstić information content (AvgIpc) is 2.58. The Kier molecular flexibility index (Phi) is 5.91. The first-order valence-electron chi connectivity index (χ1n) is 8.08. The Morgan fingerprint density at radius 1 is 1.08 bits per heavy atom. The number of nitrogens with one attached hydrogen (secondary N) is 1. The number of carbonyl (C=O) groups excluding carboxylic acids is 1. The Hall–Kier alpha value is -2.69. The number of benzene rings is 2. The molecule has 0 radical (unpaired) electrons. The molecule has 2 aromatic carbocycles. The lowest BCUT2D eigenvalue weighted by Gasteiger charge is -2.19. The number of rotatable bonds is 5. The van der Waals surface area contributed by atoms with Gasteiger partial charge in [-0.15, -0.1) is 0 Å². The Labute approximate surface area is 147 Å². The molecule has 0 aromatic heterocycles. The quantitative estimate of drug-likeness (QED) is 0.658. The van der Waals surface area contributed by atoms with Crippen molar-refractivity contribution in [3.63, 3.8) is 0 Å². The molecule has 4 nitrogen and oxygen atoms in total. The number of hydrogen-bond donors (Lipinski definition) is 1. The zero-order chi connectivity index (χ0) is 18.4. The topological polar surface area (TPSA) is 50.7 Å². The van der Waals surface area contributed by atoms with Crippen LogP contribution >= 0.6 is 0 Å². The van der Waals surface area contributed by atoms with Crippen molar-refractivity contribution in [2.45, 2.75) is 33.1 Å². The third kappa shape index (κ3) is 5.71. The molecule has 0 aliphatic rings. The third-order valence-electron chi connectivity index (χ3n) is 3.70. The molecule has 0 atom stereocenters. The van der Waals surface area contributed by atoms with Crippen molar-refractivity contribution >= 4 is 11.6 Å². The van der Waals surface area contributed by atoms with E-state index in [1.54, 1.807) is 19.1 Å². The van der Waals surface area contributed by atoms with Gasteiger partial charge in [0.1, 0.15) is 11.6 Å². The zero-order valence-corrected chi connectivity index (χ0v) is 15.0. The highest BCUT2D eigenvalue weighted by Crippen LogP contribution is 2.24. The highest BCUT2D eigenvalue weighted by molar-refractivity contribution is 5.99. The van der Waals surface area contributed by atoms with E-state index in [1.807, 2.05) is 24.3 Å². The number of halogens is 1. The van der Waals surface area contributed by atoms with Gasteiger partial charge in [0, 0.05) is 0 Å². The van der Waals surface area contributed by atoms with Crippen LogP contribution in [0.5, 0.6) is 5.75 Å². The van der Waals surface area contributed by atoms with Gasteiger partial charge in [-0.1, -0.05) is 45.0 Å². The standard InChI is InChI=1S/C20H23FN2O2/c1-14(15-5-9-17(21)10-6-15)22-23-19(24)13-25-18-11-7-16(8-12-18)20(2,3)4/h5-12H,13H2,1-4H3,(H,23,24)/b22-14-. The van der Waals surface area contributed by atoms with Gasteiger partial charge >= 0.3 is 0 Å². The molecule has 25 heavy (non-hydrogen) atoms. The molecular weight excluding hydrogens is 319 g/mol. The minimum atomic E-state index is -0.360. The van der Waals surface area contributed by atoms with Gasteiger partial charge < -0.3 is 4.74 Å². The maximum absolute atomic E-state index is 12.9. The molecule has 132 valence electrons. The fraction of sp³-hybridized carbons (Fsp3) is 0.300. The van der Waals surface area contributed by atoms with E-state index in [0.717, 1.165) is 5.56 Å². The fourth-order valence-electron chi connectivity index (χ4n) is 2.13. The van der Waals surface area contributed by atoms with Crippen molar-refractivity contribution < 1.29 is 13.9 Å². The van der Waals surface area contributed by atoms with Crippen LogP contribution in [-0.4, -0.2) is 18.2 Å². The second kappa shape index (κ2) is 7.92. The predicted molar refractivity (Wildman–Crippen MR) is 97.4 cm³/mol. The molecule has 0 unspecified atom stereocenters. The van der Waals surface area contributed by atoms with Gasteiger partial charge in [0.2, 0.25) is 0 Å². The molecule has 0 heterocycles. The predicted octanol–water partition coefficient (Wildman–Crippen LogP) is 4.04. The summed E-state index contributed by atoms with van der Waals surface area (Å²) in [6.45, 7) is 8.02. The minimum absolute atomic E-state index is 0.0719. The summed E-state index contributed by atoms with van der Waals surface area (Å²) < 4.78 is 18.3. The Morgan fingerprint density at radius 2 is 1.68 bits per heavy atom. The molecule has 1 amide bonds. The highest BCUT2D eigenvalue weighted by Gasteiger charge is 2.13. The summed E-state index contributed by atoms with van der Waals surface area (Å²) in [7, 11) is 0. The van der Waals surface area contributed by atoms with E-state index in [4.69, 9.17) is 4.74 Å². The van der Waals surface area contributed by atoms with Crippen molar-refractivity contribution in [1.82, 2.24) is 5.43 Å². The van der Waals surface area contributed by atoms with E-state index < -0.39 is 0 Å². The van der Waals surface area contributed by atoms with Crippen LogP contribution < -0.4 is 10.2 Å². The first kappa shape index (κ1) is 18.6. The van der Waals surface area contributed by atoms with Crippen LogP contribution in [0.1, 0.15) is 38.8 Å². The van der Waals surface area contributed by atoms with Crippen molar-refractivity contribution in [2.75, 3.05) is 6.61 Å². The number of hydrogen-bond acceptors (Lipinski definition) is 3. The fourth-order valence-corrected chi connectivity index (χ4v) is 2.13. The second-order valence-electron chi connectivity index (χ2n) is 6.80. The summed E-state index contributed by atoms with van der Waals surface area (Å²) in [4.78, 5) is 11.8. The molecule has 0 saturated carbocycles. The second-order valence-corrected chi connectivity index (χ2v) is 6.80. The van der Waals surface area contributed by atoms with Gasteiger partial charge in [-0.3, -0.25) is 4.79 Å². The van der Waals surface area contributed by atoms with Crippen molar-refractivity contribution in [3.8, 4) is 5.75 Å². The molecule has 2 rings (SSSR count). The van der Waals surface area contributed by atoms with Crippen LogP contribution in [0.25, 0.3) is 0 Å². The lowest BCUT2D eigenvalue weighted by atomic mass is 9.87. The van der Waals surface area contributed by atoms with Crippen LogP contribution in [0.4, 0.5) is 4.39 Å². The molecule has 5 heteroatoms. The molecular formula is C20H23FN2O2. The van der Waals surface area contributed by atoms with E-state index in [1.165, 1.54) is 17.7 Å². The first-order valence-corrected chi connectivity index (χ1v) is 8.08. The number of amides is 1. The van der Waals surface area contributed by atoms with E-state index >= 15 is 0 Å². The van der Waals surface area contributed by atoms with Gasteiger partial charge in [0.15, 0.2) is 6.61 Å². The minimum Gasteiger partial charge on any atom is -0.484 e. The lowest BCUT2D eigenvalue weighted by molar-refractivity contribution is -0.123. The van der Waals surface area contributed by atoms with E-state index in [0.29, 0.717) is 11.5 Å². The summed E-state index contributed by atoms with van der Waals surface area (Å²) in [5.74, 6) is -0.0461. The number of ether oxygens (including phenoxy) is 1. The van der Waals surface area contributed by atoms with Crippen LogP contribution in [0.15, 0.2) is 53.6 Å². The maximum atomic E-state index is 12.9. The van der Waals surface area contributed by atoms with Crippen LogP contribution in [0, 0.1) is 5.82 Å². The molecule has 0 fully saturated rings. The van der Waals surface area contributed by atoms with Crippen molar-refractivity contribution in [3.05, 3.63) is 65.5 Å². The normalized spacial score (nSPS) is 12.0. The zero-order valence-electron chi connectivity index (χ0n) is 15.0. The summed E-state index contributed by atoms with van der Waals surface area (Å²) >= 11 is 0. The summed E-state index contributed by atoms with van der Waals surface area (Å²) in [6.07, 6.45) is 0. The van der Waals surface area contributed by atoms with Gasteiger partial charge in [0.25, 0.3) is 5.91 Å². The number of carbonyl (C=O) groups is 1. The van der Waals surface area contributed by atoms with Crippen LogP contribution in [0.3, 0.4) is 0 Å². The van der Waals surface area contributed by atoms with Crippen molar-refractivity contribution in [1.29, 1.82) is 0 Å². The summed E-state index contributed by atoms with van der Waals surface area (Å²) in [5.41, 5.74) is 5.02. The van der Waals surface area contributed by atoms with E-state index in [2.05, 4.69) is 31.3 Å². The monoisotopic (exact) mass is 342 g/mol. The number of nitrogens with zero attached hydrogens (tertiary/aromatic N) is 1. The molecule has 1 N–H and O–H groups in total. The van der Waals surface area contributed by atoms with Crippen LogP contribution in [0.2, 0.25) is 0 Å². The Balaban J connectivity index is 1.86. The van der Waals surface area contributed by atoms with Gasteiger partial charge in [-0.25, -0.2) is 9.82 Å². The Bertz CT molecular complexity index is 745. The molecule has 0 aliphatic heterocycles. The Morgan fingerprint density at radius 3 is 2.24 bits per heavy atom. The average molecular weight is 342 g/mol. The van der Waals surface area contributed by atoms with E-state index in [-0.39, 0.29) is 23.7 Å². The van der Waals surface area contributed by atoms with Gasteiger partial charge in [-0.05, 0) is 47.7 Å². The molecule has 0 bridgehead atoms. The molecule has 0 spiro atoms. The highest BCUT2D eigenvalue weighted by atomic mass is 19.1. The van der Waals surface area contributed by atoms with Gasteiger partial charge in [-0.2, -0.15) is 5.10 Å². The van der Waals surface area contributed by atoms with Crippen molar-refractivity contribution in [2.24, 2.45) is 5.10 Å². The number of hydrazone groups is 1.